The molecule has 2 bridgehead atoms. The van der Waals surface area contributed by atoms with Gasteiger partial charge in [0.2, 0.25) is 5.91 Å². The van der Waals surface area contributed by atoms with Gasteiger partial charge in [0.15, 0.2) is 0 Å². The molecule has 1 aromatic heterocycles. The summed E-state index contributed by atoms with van der Waals surface area (Å²) in [6.07, 6.45) is 4.86. The second-order valence-electron chi connectivity index (χ2n) is 8.75. The van der Waals surface area contributed by atoms with Crippen molar-refractivity contribution < 1.29 is 9.59 Å². The predicted octanol–water partition coefficient (Wildman–Crippen LogP) is 5.86. The van der Waals surface area contributed by atoms with Gasteiger partial charge in [0.05, 0.1) is 29.1 Å². The lowest BCUT2D eigenvalue weighted by molar-refractivity contribution is -0.116. The van der Waals surface area contributed by atoms with Crippen LogP contribution in [0.25, 0.3) is 11.3 Å². The fraction of sp³-hybridized carbons (Fsp3) is 0.333. The van der Waals surface area contributed by atoms with Crippen LogP contribution >= 0.6 is 11.6 Å². The number of hydrogen-bond donors (Lipinski definition) is 2. The molecule has 0 spiro atoms. The molecule has 1 aliphatic rings. The van der Waals surface area contributed by atoms with Crippen molar-refractivity contribution in [3.8, 4) is 17.3 Å². The summed E-state index contributed by atoms with van der Waals surface area (Å²) in [7, 11) is 0. The highest BCUT2D eigenvalue weighted by molar-refractivity contribution is 6.31. The molecule has 2 heterocycles. The van der Waals surface area contributed by atoms with Gasteiger partial charge in [-0.2, -0.15) is 10.4 Å². The number of nitrogens with zero attached hydrogens (tertiary/aromatic N) is 3. The van der Waals surface area contributed by atoms with Gasteiger partial charge < -0.3 is 10.6 Å². The van der Waals surface area contributed by atoms with Gasteiger partial charge in [0.1, 0.15) is 5.69 Å². The van der Waals surface area contributed by atoms with Crippen LogP contribution in [0.1, 0.15) is 73.1 Å². The van der Waals surface area contributed by atoms with E-state index in [4.69, 9.17) is 22.0 Å². The van der Waals surface area contributed by atoms with E-state index in [0.29, 0.717) is 40.6 Å². The minimum Gasteiger partial charge on any atom is -0.347 e. The number of carbonyl (C=O) groups is 2. The lowest BCUT2D eigenvalue weighted by Crippen LogP contribution is -2.27. The molecule has 1 atom stereocenters. The second kappa shape index (κ2) is 11.2. The number of carbonyl (C=O) groups excluding carboxylic acids is 2. The number of hydrogen-bond acceptors (Lipinski definition) is 4. The topological polar surface area (TPSA) is 99.8 Å². The number of fused-ring (bicyclic) bond motifs is 4. The van der Waals surface area contributed by atoms with Crippen LogP contribution in [0.2, 0.25) is 5.02 Å². The summed E-state index contributed by atoms with van der Waals surface area (Å²) in [6, 6.07) is 16.4. The van der Waals surface area contributed by atoms with Crippen molar-refractivity contribution in [3.05, 3.63) is 70.4 Å². The largest absolute Gasteiger partial charge is 0.347 e. The van der Waals surface area contributed by atoms with Crippen LogP contribution in [0.4, 0.5) is 5.69 Å². The first-order valence-corrected chi connectivity index (χ1v) is 12.3. The van der Waals surface area contributed by atoms with Crippen LogP contribution in [0.5, 0.6) is 0 Å². The highest BCUT2D eigenvalue weighted by Crippen LogP contribution is 2.33. The molecule has 3 aromatic rings. The molecule has 8 heteroatoms. The molecule has 35 heavy (non-hydrogen) atoms. The molecular formula is C27H28ClN5O2. The molecule has 2 amide bonds. The minimum atomic E-state index is -0.224. The third-order valence-electron chi connectivity index (χ3n) is 6.29. The maximum absolute atomic E-state index is 13.3. The van der Waals surface area contributed by atoms with E-state index in [1.165, 1.54) is 0 Å². The van der Waals surface area contributed by atoms with E-state index in [1.807, 2.05) is 22.9 Å². The number of aromatic nitrogens is 2. The van der Waals surface area contributed by atoms with E-state index < -0.39 is 0 Å². The third-order valence-corrected chi connectivity index (χ3v) is 6.53. The fourth-order valence-corrected chi connectivity index (χ4v) is 4.51. The van der Waals surface area contributed by atoms with Gasteiger partial charge in [0, 0.05) is 23.6 Å². The standard InChI is InChI=1S/C27H28ClN5O2/c1-2-21-6-4-3-5-7-26(34)31-23-14-20(28)12-13-22(23)24-15-25(33(21)32-24)27(35)30-17-19-10-8-18(16-29)9-11-19/h8-15,21H,2-7,17H2,1H3,(H,30,35)(H,31,34). The maximum Gasteiger partial charge on any atom is 0.269 e. The summed E-state index contributed by atoms with van der Waals surface area (Å²) in [5.74, 6) is -0.280. The van der Waals surface area contributed by atoms with Crippen LogP contribution in [-0.4, -0.2) is 21.6 Å². The second-order valence-corrected chi connectivity index (χ2v) is 9.19. The molecule has 0 saturated heterocycles. The average molecular weight is 490 g/mol. The summed E-state index contributed by atoms with van der Waals surface area (Å²) in [5.41, 5.74) is 3.87. The lowest BCUT2D eigenvalue weighted by atomic mass is 10.0. The van der Waals surface area contributed by atoms with E-state index in [9.17, 15) is 9.59 Å². The van der Waals surface area contributed by atoms with Crippen LogP contribution in [0.15, 0.2) is 48.5 Å². The van der Waals surface area contributed by atoms with Crippen molar-refractivity contribution in [2.24, 2.45) is 0 Å². The Morgan fingerprint density at radius 3 is 2.74 bits per heavy atom. The molecule has 0 aliphatic carbocycles. The Balaban J connectivity index is 1.69. The predicted molar refractivity (Wildman–Crippen MR) is 136 cm³/mol. The number of amides is 2. The van der Waals surface area contributed by atoms with Gasteiger partial charge in [-0.1, -0.05) is 43.5 Å². The normalized spacial score (nSPS) is 16.0. The summed E-state index contributed by atoms with van der Waals surface area (Å²) in [6.45, 7) is 2.44. The number of nitriles is 1. The van der Waals surface area contributed by atoms with Crippen molar-refractivity contribution in [2.75, 3.05) is 5.32 Å². The van der Waals surface area contributed by atoms with E-state index in [2.05, 4.69) is 23.6 Å². The number of nitrogens with one attached hydrogen (secondary N) is 2. The van der Waals surface area contributed by atoms with E-state index in [1.54, 1.807) is 30.3 Å². The first-order chi connectivity index (χ1) is 17.0. The van der Waals surface area contributed by atoms with Gasteiger partial charge in [0.25, 0.3) is 5.91 Å². The van der Waals surface area contributed by atoms with Crippen molar-refractivity contribution in [2.45, 2.75) is 58.0 Å². The molecule has 0 fully saturated rings. The number of halogens is 1. The third kappa shape index (κ3) is 5.90. The van der Waals surface area contributed by atoms with Crippen LogP contribution in [-0.2, 0) is 11.3 Å². The Kier molecular flexibility index (Phi) is 7.84. The Morgan fingerprint density at radius 2 is 2.00 bits per heavy atom. The Labute approximate surface area is 210 Å². The summed E-state index contributed by atoms with van der Waals surface area (Å²) < 4.78 is 1.83. The number of benzene rings is 2. The maximum atomic E-state index is 13.3. The monoisotopic (exact) mass is 489 g/mol. The average Bonchev–Trinajstić information content (AvgIpc) is 3.30. The number of rotatable bonds is 4. The zero-order chi connectivity index (χ0) is 24.8. The highest BCUT2D eigenvalue weighted by atomic mass is 35.5. The summed E-state index contributed by atoms with van der Waals surface area (Å²) in [4.78, 5) is 25.8. The minimum absolute atomic E-state index is 0.0559. The molecule has 0 saturated carbocycles. The van der Waals surface area contributed by atoms with E-state index in [0.717, 1.165) is 43.2 Å². The zero-order valence-electron chi connectivity index (χ0n) is 19.7. The number of anilines is 1. The fourth-order valence-electron chi connectivity index (χ4n) is 4.34. The molecule has 2 N–H and O–H groups in total. The molecule has 1 aliphatic heterocycles. The van der Waals surface area contributed by atoms with E-state index in [-0.39, 0.29) is 17.9 Å². The molecule has 0 radical (unpaired) electrons. The Morgan fingerprint density at radius 1 is 1.20 bits per heavy atom. The Bertz CT molecular complexity index is 1260. The van der Waals surface area contributed by atoms with Crippen LogP contribution < -0.4 is 10.6 Å². The highest BCUT2D eigenvalue weighted by Gasteiger charge is 2.23. The first kappa shape index (κ1) is 24.5. The first-order valence-electron chi connectivity index (χ1n) is 11.9. The zero-order valence-corrected chi connectivity index (χ0v) is 20.4. The molecule has 2 aromatic carbocycles. The quantitative estimate of drug-likeness (QED) is 0.479. The molecule has 4 rings (SSSR count). The smallest absolute Gasteiger partial charge is 0.269 e. The Hall–Kier alpha value is -3.63. The van der Waals surface area contributed by atoms with Crippen LogP contribution in [0.3, 0.4) is 0 Å². The van der Waals surface area contributed by atoms with Gasteiger partial charge in [-0.05, 0) is 61.2 Å². The van der Waals surface area contributed by atoms with Crippen molar-refractivity contribution >= 4 is 29.1 Å². The van der Waals surface area contributed by atoms with Gasteiger partial charge in [-0.25, -0.2) is 0 Å². The van der Waals surface area contributed by atoms with Crippen molar-refractivity contribution in [3.63, 3.8) is 0 Å². The SMILES string of the molecule is CCC1CCCCCC(=O)Nc2cc(Cl)ccc2-c2cc(C(=O)NCc3ccc(C#N)cc3)n1n2. The van der Waals surface area contributed by atoms with Crippen LogP contribution in [0, 0.1) is 11.3 Å². The molecule has 1 unspecified atom stereocenters. The molecule has 180 valence electrons. The van der Waals surface area contributed by atoms with Gasteiger partial charge >= 0.3 is 0 Å². The van der Waals surface area contributed by atoms with Crippen molar-refractivity contribution in [1.29, 1.82) is 5.26 Å². The lowest BCUT2D eigenvalue weighted by Gasteiger charge is -2.18. The van der Waals surface area contributed by atoms with Gasteiger partial charge in [-0.15, -0.1) is 0 Å². The summed E-state index contributed by atoms with van der Waals surface area (Å²) in [5, 5.41) is 20.3. The molecule has 7 nitrogen and oxygen atoms in total. The molecular weight excluding hydrogens is 462 g/mol. The van der Waals surface area contributed by atoms with Gasteiger partial charge in [-0.3, -0.25) is 14.3 Å². The van der Waals surface area contributed by atoms with Crippen molar-refractivity contribution in [1.82, 2.24) is 15.1 Å². The summed E-state index contributed by atoms with van der Waals surface area (Å²) >= 11 is 6.22. The van der Waals surface area contributed by atoms with E-state index >= 15 is 0 Å².